The van der Waals surface area contributed by atoms with E-state index in [-0.39, 0.29) is 5.91 Å². The maximum Gasteiger partial charge on any atom is 0.225 e. The van der Waals surface area contributed by atoms with E-state index in [0.717, 1.165) is 28.0 Å². The van der Waals surface area contributed by atoms with Crippen molar-refractivity contribution in [2.24, 2.45) is 0 Å². The molecule has 0 bridgehead atoms. The van der Waals surface area contributed by atoms with Crippen molar-refractivity contribution < 1.29 is 4.79 Å². The highest BCUT2D eigenvalue weighted by Crippen LogP contribution is 2.24. The summed E-state index contributed by atoms with van der Waals surface area (Å²) in [6, 6.07) is 26.9. The fraction of sp³-hybridized carbons (Fsp3) is 0.125. The minimum absolute atomic E-state index is 0.0286. The Kier molecular flexibility index (Phi) is 7.42. The largest absolute Gasteiger partial charge is 0.378 e. The van der Waals surface area contributed by atoms with E-state index < -0.39 is 0 Å². The van der Waals surface area contributed by atoms with E-state index in [1.54, 1.807) is 0 Å². The first-order chi connectivity index (χ1) is 15.7. The van der Waals surface area contributed by atoms with Crippen LogP contribution in [0, 0.1) is 0 Å². The number of halogens is 1. The summed E-state index contributed by atoms with van der Waals surface area (Å²) in [6.07, 6.45) is 0.375. The zero-order valence-electron chi connectivity index (χ0n) is 17.2. The molecule has 0 atom stereocenters. The van der Waals surface area contributed by atoms with Crippen molar-refractivity contribution in [1.29, 1.82) is 0 Å². The predicted molar refractivity (Wildman–Crippen MR) is 131 cm³/mol. The van der Waals surface area contributed by atoms with Gasteiger partial charge < -0.3 is 10.6 Å². The summed E-state index contributed by atoms with van der Waals surface area (Å²) in [4.78, 5) is 12.3. The molecule has 0 unspecified atom stereocenters. The molecule has 4 aromatic rings. The monoisotopic (exact) mass is 463 g/mol. The number of nitrogens with one attached hydrogen (secondary N) is 2. The summed E-state index contributed by atoms with van der Waals surface area (Å²) < 4.78 is 2.02. The standard InChI is InChI=1S/C24H22ClN5OS/c25-18-11-13-19(14-12-18)26-17-22-28-29-24(30(22)21-9-5-2-6-10-21)32-16-15-23(31)27-20-7-3-1-4-8-20/h1-14,26H,15-17H2,(H,27,31). The molecule has 0 spiro atoms. The first-order valence-electron chi connectivity index (χ1n) is 10.2. The topological polar surface area (TPSA) is 71.8 Å². The van der Waals surface area contributed by atoms with Crippen molar-refractivity contribution in [3.8, 4) is 5.69 Å². The van der Waals surface area contributed by atoms with Crippen LogP contribution in [0.3, 0.4) is 0 Å². The van der Waals surface area contributed by atoms with Crippen LogP contribution in [-0.4, -0.2) is 26.4 Å². The lowest BCUT2D eigenvalue weighted by atomic mass is 10.3. The Morgan fingerprint density at radius 3 is 2.28 bits per heavy atom. The predicted octanol–water partition coefficient (Wildman–Crippen LogP) is 5.65. The van der Waals surface area contributed by atoms with Crippen molar-refractivity contribution in [3.63, 3.8) is 0 Å². The molecule has 8 heteroatoms. The molecule has 1 amide bonds. The number of carbonyl (C=O) groups is 1. The molecule has 162 valence electrons. The normalized spacial score (nSPS) is 10.7. The second kappa shape index (κ2) is 10.8. The number of hydrogen-bond acceptors (Lipinski definition) is 5. The van der Waals surface area contributed by atoms with Crippen molar-refractivity contribution in [2.45, 2.75) is 18.1 Å². The number of aromatic nitrogens is 3. The van der Waals surface area contributed by atoms with Gasteiger partial charge in [-0.05, 0) is 48.5 Å². The molecule has 0 aliphatic rings. The van der Waals surface area contributed by atoms with Crippen molar-refractivity contribution in [3.05, 3.63) is 95.8 Å². The van der Waals surface area contributed by atoms with Crippen LogP contribution in [0.25, 0.3) is 5.69 Å². The van der Waals surface area contributed by atoms with Crippen molar-refractivity contribution >= 4 is 40.6 Å². The number of carbonyl (C=O) groups excluding carboxylic acids is 1. The molecule has 2 N–H and O–H groups in total. The molecule has 1 aromatic heterocycles. The molecule has 0 fully saturated rings. The fourth-order valence-electron chi connectivity index (χ4n) is 3.07. The highest BCUT2D eigenvalue weighted by molar-refractivity contribution is 7.99. The molecular weight excluding hydrogens is 442 g/mol. The Bertz CT molecular complexity index is 1150. The third kappa shape index (κ3) is 5.90. The number of hydrogen-bond donors (Lipinski definition) is 2. The SMILES string of the molecule is O=C(CCSc1nnc(CNc2ccc(Cl)cc2)n1-c1ccccc1)Nc1ccccc1. The van der Waals surface area contributed by atoms with Gasteiger partial charge in [0.25, 0.3) is 0 Å². The number of thioether (sulfide) groups is 1. The van der Waals surface area contributed by atoms with Crippen LogP contribution in [0.5, 0.6) is 0 Å². The van der Waals surface area contributed by atoms with Gasteiger partial charge in [0.05, 0.1) is 6.54 Å². The van der Waals surface area contributed by atoms with Crippen molar-refractivity contribution in [1.82, 2.24) is 14.8 Å². The number of para-hydroxylation sites is 2. The highest BCUT2D eigenvalue weighted by Gasteiger charge is 2.15. The van der Waals surface area contributed by atoms with E-state index in [9.17, 15) is 4.79 Å². The lowest BCUT2D eigenvalue weighted by Crippen LogP contribution is -2.12. The second-order valence-corrected chi connectivity index (χ2v) is 8.44. The van der Waals surface area contributed by atoms with Gasteiger partial charge in [-0.25, -0.2) is 0 Å². The molecule has 3 aromatic carbocycles. The molecule has 0 saturated carbocycles. The molecule has 0 radical (unpaired) electrons. The molecular formula is C24H22ClN5OS. The lowest BCUT2D eigenvalue weighted by Gasteiger charge is -2.11. The molecule has 32 heavy (non-hydrogen) atoms. The molecule has 4 rings (SSSR count). The number of nitrogens with zero attached hydrogens (tertiary/aromatic N) is 3. The van der Waals surface area contributed by atoms with Crippen LogP contribution in [0.1, 0.15) is 12.2 Å². The minimum Gasteiger partial charge on any atom is -0.378 e. The van der Waals surface area contributed by atoms with E-state index in [2.05, 4.69) is 20.8 Å². The van der Waals surface area contributed by atoms with Gasteiger partial charge in [0.2, 0.25) is 5.91 Å². The maximum atomic E-state index is 12.3. The van der Waals surface area contributed by atoms with Crippen LogP contribution >= 0.6 is 23.4 Å². The summed E-state index contributed by atoms with van der Waals surface area (Å²) in [6.45, 7) is 0.499. The van der Waals surface area contributed by atoms with E-state index in [0.29, 0.717) is 23.7 Å². The Balaban J connectivity index is 1.43. The molecule has 1 heterocycles. The number of amides is 1. The average Bonchev–Trinajstić information content (AvgIpc) is 3.22. The van der Waals surface area contributed by atoms with E-state index in [1.165, 1.54) is 11.8 Å². The highest BCUT2D eigenvalue weighted by atomic mass is 35.5. The summed E-state index contributed by atoms with van der Waals surface area (Å²) in [7, 11) is 0. The van der Waals surface area contributed by atoms with E-state index in [4.69, 9.17) is 11.6 Å². The van der Waals surface area contributed by atoms with Gasteiger partial charge in [-0.3, -0.25) is 9.36 Å². The van der Waals surface area contributed by atoms with Crippen LogP contribution in [-0.2, 0) is 11.3 Å². The van der Waals surface area contributed by atoms with Gasteiger partial charge in [-0.15, -0.1) is 10.2 Å². The van der Waals surface area contributed by atoms with Gasteiger partial charge in [-0.2, -0.15) is 0 Å². The number of rotatable bonds is 9. The van der Waals surface area contributed by atoms with Crippen LogP contribution in [0.4, 0.5) is 11.4 Å². The van der Waals surface area contributed by atoms with Gasteiger partial charge in [0.15, 0.2) is 11.0 Å². The fourth-order valence-corrected chi connectivity index (χ4v) is 4.11. The summed E-state index contributed by atoms with van der Waals surface area (Å²) in [5.74, 6) is 1.34. The van der Waals surface area contributed by atoms with Gasteiger partial charge in [0.1, 0.15) is 0 Å². The van der Waals surface area contributed by atoms with Gasteiger partial charge in [-0.1, -0.05) is 59.8 Å². The van der Waals surface area contributed by atoms with Crippen molar-refractivity contribution in [2.75, 3.05) is 16.4 Å². The Morgan fingerprint density at radius 2 is 1.56 bits per heavy atom. The molecule has 0 aliphatic heterocycles. The summed E-state index contributed by atoms with van der Waals surface area (Å²) >= 11 is 7.48. The third-order valence-electron chi connectivity index (χ3n) is 4.63. The zero-order valence-corrected chi connectivity index (χ0v) is 18.8. The van der Waals surface area contributed by atoms with E-state index >= 15 is 0 Å². The second-order valence-electron chi connectivity index (χ2n) is 6.94. The van der Waals surface area contributed by atoms with Crippen LogP contribution < -0.4 is 10.6 Å². The third-order valence-corrected chi connectivity index (χ3v) is 5.81. The number of benzene rings is 3. The zero-order chi connectivity index (χ0) is 22.2. The first-order valence-corrected chi connectivity index (χ1v) is 11.5. The van der Waals surface area contributed by atoms with Crippen LogP contribution in [0.15, 0.2) is 90.1 Å². The number of anilines is 2. The molecule has 0 saturated heterocycles. The smallest absolute Gasteiger partial charge is 0.225 e. The van der Waals surface area contributed by atoms with E-state index in [1.807, 2.05) is 89.5 Å². The Hall–Kier alpha value is -3.29. The Morgan fingerprint density at radius 1 is 0.875 bits per heavy atom. The lowest BCUT2D eigenvalue weighted by molar-refractivity contribution is -0.115. The van der Waals surface area contributed by atoms with Gasteiger partial charge >= 0.3 is 0 Å². The molecule has 6 nitrogen and oxygen atoms in total. The minimum atomic E-state index is -0.0286. The first kappa shape index (κ1) is 21.9. The van der Waals surface area contributed by atoms with Crippen LogP contribution in [0.2, 0.25) is 5.02 Å². The van der Waals surface area contributed by atoms with Gasteiger partial charge in [0, 0.05) is 34.3 Å². The summed E-state index contributed by atoms with van der Waals surface area (Å²) in [5, 5.41) is 16.5. The quantitative estimate of drug-likeness (QED) is 0.314. The Labute approximate surface area is 196 Å². The molecule has 0 aliphatic carbocycles. The average molecular weight is 464 g/mol. The maximum absolute atomic E-state index is 12.3. The summed E-state index contributed by atoms with van der Waals surface area (Å²) in [5.41, 5.74) is 2.72.